The Kier molecular flexibility index (Phi) is 3.49. The van der Waals surface area contributed by atoms with E-state index in [0.717, 1.165) is 13.1 Å². The molecule has 0 aromatic heterocycles. The molecular weight excluding hydrogens is 190 g/mol. The molecule has 2 atom stereocenters. The Bertz CT molecular complexity index is 226. The summed E-state index contributed by atoms with van der Waals surface area (Å²) < 4.78 is 5.93. The standard InChI is InChI=1S/C12H25NO2/c1-7-13(6)8-9-10(14)12(4,5)15-11(9,2)3/h9-10,14H,7-8H2,1-6H3. The van der Waals surface area contributed by atoms with Crippen molar-refractivity contribution in [3.8, 4) is 0 Å². The molecule has 3 nitrogen and oxygen atoms in total. The predicted octanol–water partition coefficient (Wildman–Crippen LogP) is 1.50. The van der Waals surface area contributed by atoms with Gasteiger partial charge in [0.1, 0.15) is 0 Å². The minimum absolute atomic E-state index is 0.178. The number of aliphatic hydroxyl groups is 1. The van der Waals surface area contributed by atoms with Crippen molar-refractivity contribution in [3.63, 3.8) is 0 Å². The van der Waals surface area contributed by atoms with E-state index >= 15 is 0 Å². The zero-order chi connectivity index (χ0) is 11.9. The second-order valence-electron chi connectivity index (χ2n) is 5.72. The molecule has 0 saturated carbocycles. The lowest BCUT2D eigenvalue weighted by molar-refractivity contribution is -0.0912. The van der Waals surface area contributed by atoms with Crippen LogP contribution in [-0.4, -0.2) is 47.4 Å². The summed E-state index contributed by atoms with van der Waals surface area (Å²) in [6.45, 7) is 12.1. The minimum atomic E-state index is -0.428. The van der Waals surface area contributed by atoms with Crippen molar-refractivity contribution in [2.75, 3.05) is 20.1 Å². The molecule has 1 heterocycles. The third kappa shape index (κ3) is 2.52. The molecule has 1 saturated heterocycles. The number of rotatable bonds is 3. The van der Waals surface area contributed by atoms with Gasteiger partial charge in [-0.25, -0.2) is 0 Å². The minimum Gasteiger partial charge on any atom is -0.390 e. The van der Waals surface area contributed by atoms with Gasteiger partial charge in [0.2, 0.25) is 0 Å². The van der Waals surface area contributed by atoms with E-state index in [1.165, 1.54) is 0 Å². The van der Waals surface area contributed by atoms with Gasteiger partial charge in [-0.2, -0.15) is 0 Å². The summed E-state index contributed by atoms with van der Waals surface area (Å²) in [7, 11) is 2.08. The number of ether oxygens (including phenoxy) is 1. The highest BCUT2D eigenvalue weighted by Gasteiger charge is 2.53. The van der Waals surface area contributed by atoms with E-state index in [4.69, 9.17) is 4.74 Å². The summed E-state index contributed by atoms with van der Waals surface area (Å²) in [5.74, 6) is 0.178. The Morgan fingerprint density at radius 3 is 2.07 bits per heavy atom. The summed E-state index contributed by atoms with van der Waals surface area (Å²) in [6.07, 6.45) is -0.388. The lowest BCUT2D eigenvalue weighted by Gasteiger charge is -2.30. The smallest absolute Gasteiger partial charge is 0.0896 e. The first kappa shape index (κ1) is 12.9. The van der Waals surface area contributed by atoms with Crippen LogP contribution in [0.3, 0.4) is 0 Å². The van der Waals surface area contributed by atoms with E-state index in [9.17, 15) is 5.11 Å². The van der Waals surface area contributed by atoms with Gasteiger partial charge in [-0.15, -0.1) is 0 Å². The van der Waals surface area contributed by atoms with Crippen molar-refractivity contribution in [2.24, 2.45) is 5.92 Å². The monoisotopic (exact) mass is 215 g/mol. The van der Waals surface area contributed by atoms with Gasteiger partial charge in [0.25, 0.3) is 0 Å². The fourth-order valence-corrected chi connectivity index (χ4v) is 2.46. The normalized spacial score (nSPS) is 33.6. The molecule has 0 bridgehead atoms. The van der Waals surface area contributed by atoms with E-state index in [-0.39, 0.29) is 17.6 Å². The lowest BCUT2D eigenvalue weighted by atomic mass is 9.84. The van der Waals surface area contributed by atoms with Gasteiger partial charge in [0.15, 0.2) is 0 Å². The lowest BCUT2D eigenvalue weighted by Crippen LogP contribution is -2.42. The van der Waals surface area contributed by atoms with Gasteiger partial charge in [0, 0.05) is 12.5 Å². The summed E-state index contributed by atoms with van der Waals surface area (Å²) in [4.78, 5) is 2.22. The predicted molar refractivity (Wildman–Crippen MR) is 61.9 cm³/mol. The molecule has 90 valence electrons. The van der Waals surface area contributed by atoms with Gasteiger partial charge < -0.3 is 14.7 Å². The van der Waals surface area contributed by atoms with Crippen molar-refractivity contribution >= 4 is 0 Å². The van der Waals surface area contributed by atoms with Crippen LogP contribution in [0.1, 0.15) is 34.6 Å². The van der Waals surface area contributed by atoms with Gasteiger partial charge in [-0.1, -0.05) is 6.92 Å². The molecule has 3 heteroatoms. The molecular formula is C12H25NO2. The number of aliphatic hydroxyl groups excluding tert-OH is 1. The molecule has 1 rings (SSSR count). The summed E-state index contributed by atoms with van der Waals surface area (Å²) in [5.41, 5.74) is -0.672. The van der Waals surface area contributed by atoms with Gasteiger partial charge in [-0.3, -0.25) is 0 Å². The maximum Gasteiger partial charge on any atom is 0.0896 e. The highest BCUT2D eigenvalue weighted by molar-refractivity contribution is 5.02. The molecule has 1 aliphatic rings. The number of hydrogen-bond donors (Lipinski definition) is 1. The van der Waals surface area contributed by atoms with Crippen LogP contribution >= 0.6 is 0 Å². The quantitative estimate of drug-likeness (QED) is 0.774. The Morgan fingerprint density at radius 1 is 1.20 bits per heavy atom. The highest BCUT2D eigenvalue weighted by atomic mass is 16.5. The number of hydrogen-bond acceptors (Lipinski definition) is 3. The van der Waals surface area contributed by atoms with Crippen LogP contribution in [0.25, 0.3) is 0 Å². The molecule has 1 fully saturated rings. The first-order valence-electron chi connectivity index (χ1n) is 5.77. The Labute approximate surface area is 93.4 Å². The maximum absolute atomic E-state index is 10.2. The largest absolute Gasteiger partial charge is 0.390 e. The zero-order valence-electron chi connectivity index (χ0n) is 10.9. The van der Waals surface area contributed by atoms with Crippen LogP contribution < -0.4 is 0 Å². The highest BCUT2D eigenvalue weighted by Crippen LogP contribution is 2.42. The first-order chi connectivity index (χ1) is 6.70. The van der Waals surface area contributed by atoms with Crippen molar-refractivity contribution in [2.45, 2.75) is 51.9 Å². The van der Waals surface area contributed by atoms with E-state index in [1.54, 1.807) is 0 Å². The second-order valence-corrected chi connectivity index (χ2v) is 5.72. The molecule has 0 spiro atoms. The molecule has 0 amide bonds. The second kappa shape index (κ2) is 4.04. The third-order valence-corrected chi connectivity index (χ3v) is 3.56. The fraction of sp³-hybridized carbons (Fsp3) is 1.00. The van der Waals surface area contributed by atoms with Crippen molar-refractivity contribution < 1.29 is 9.84 Å². The Hall–Kier alpha value is -0.120. The van der Waals surface area contributed by atoms with E-state index in [2.05, 4.69) is 32.7 Å². The van der Waals surface area contributed by atoms with Crippen molar-refractivity contribution in [3.05, 3.63) is 0 Å². The summed E-state index contributed by atoms with van der Waals surface area (Å²) >= 11 is 0. The van der Waals surface area contributed by atoms with Gasteiger partial charge >= 0.3 is 0 Å². The van der Waals surface area contributed by atoms with Crippen molar-refractivity contribution in [1.29, 1.82) is 0 Å². The van der Waals surface area contributed by atoms with Crippen LogP contribution in [0.15, 0.2) is 0 Å². The van der Waals surface area contributed by atoms with Crippen molar-refractivity contribution in [1.82, 2.24) is 4.90 Å². The Morgan fingerprint density at radius 2 is 1.73 bits per heavy atom. The molecule has 0 radical (unpaired) electrons. The van der Waals surface area contributed by atoms with Crippen LogP contribution in [0.5, 0.6) is 0 Å². The Balaban J connectivity index is 2.78. The zero-order valence-corrected chi connectivity index (χ0v) is 10.9. The summed E-state index contributed by atoms with van der Waals surface area (Å²) in [5, 5.41) is 10.2. The molecule has 0 aromatic carbocycles. The third-order valence-electron chi connectivity index (χ3n) is 3.56. The molecule has 1 aliphatic heterocycles. The molecule has 2 unspecified atom stereocenters. The average Bonchev–Trinajstić information content (AvgIpc) is 2.23. The van der Waals surface area contributed by atoms with Crippen LogP contribution in [-0.2, 0) is 4.74 Å². The van der Waals surface area contributed by atoms with Crippen LogP contribution in [0, 0.1) is 5.92 Å². The van der Waals surface area contributed by atoms with Gasteiger partial charge in [-0.05, 0) is 41.3 Å². The molecule has 15 heavy (non-hydrogen) atoms. The molecule has 1 N–H and O–H groups in total. The summed E-state index contributed by atoms with van der Waals surface area (Å²) in [6, 6.07) is 0. The fourth-order valence-electron chi connectivity index (χ4n) is 2.46. The van der Waals surface area contributed by atoms with Crippen LogP contribution in [0.4, 0.5) is 0 Å². The van der Waals surface area contributed by atoms with E-state index in [0.29, 0.717) is 0 Å². The molecule has 0 aliphatic carbocycles. The number of nitrogens with zero attached hydrogens (tertiary/aromatic N) is 1. The van der Waals surface area contributed by atoms with E-state index < -0.39 is 5.60 Å². The SMILES string of the molecule is CCN(C)CC1C(O)C(C)(C)OC1(C)C. The van der Waals surface area contributed by atoms with E-state index in [1.807, 2.05) is 13.8 Å². The average molecular weight is 215 g/mol. The molecule has 0 aromatic rings. The topological polar surface area (TPSA) is 32.7 Å². The maximum atomic E-state index is 10.2. The first-order valence-corrected chi connectivity index (χ1v) is 5.77. The van der Waals surface area contributed by atoms with Crippen LogP contribution in [0.2, 0.25) is 0 Å². The van der Waals surface area contributed by atoms with Gasteiger partial charge in [0.05, 0.1) is 17.3 Å².